The molecule has 0 atom stereocenters. The number of aromatic nitrogens is 1. The minimum Gasteiger partial charge on any atom is -0.311 e. The molecule has 9 rings (SSSR count). The smallest absolute Gasteiger partial charge is 0.187 e. The number of rotatable bonds is 10. The molecule has 1 aliphatic rings. The second kappa shape index (κ2) is 16.7. The third-order valence-corrected chi connectivity index (χ3v) is 17.0. The average Bonchev–Trinajstić information content (AvgIpc) is 3.53. The molecular formula is C58H53N5Si2. The number of hydrogen-bond acceptors (Lipinski definition) is 4. The van der Waals surface area contributed by atoms with Crippen molar-refractivity contribution in [3.05, 3.63) is 203 Å². The Morgan fingerprint density at radius 2 is 1.00 bits per heavy atom. The first-order chi connectivity index (χ1) is 31.1. The SMILES string of the molecule is [C-]#[N+]c1ccc(N(c2ccc([Si](C)(C)C)cc2)c2ccc3c(c2)C(C)(C)c2cc(/C=C/c4cnc5cc(N(c6ccc(C#N)cc6)c6ccc([Si](C)(C)C)cc6)ccc5c4)ccc2-3)cc1. The van der Waals surface area contributed by atoms with Crippen LogP contribution >= 0.6 is 0 Å². The lowest BCUT2D eigenvalue weighted by Gasteiger charge is -2.29. The molecule has 0 amide bonds. The van der Waals surface area contributed by atoms with Crippen molar-refractivity contribution in [1.82, 2.24) is 4.98 Å². The molecule has 0 saturated carbocycles. The Bertz CT molecular complexity index is 3200. The molecule has 318 valence electrons. The van der Waals surface area contributed by atoms with Crippen molar-refractivity contribution in [2.24, 2.45) is 0 Å². The van der Waals surface area contributed by atoms with E-state index in [0.29, 0.717) is 11.3 Å². The van der Waals surface area contributed by atoms with Crippen molar-refractivity contribution >= 4 is 89.4 Å². The second-order valence-electron chi connectivity index (χ2n) is 19.7. The van der Waals surface area contributed by atoms with Gasteiger partial charge in [-0.15, -0.1) is 0 Å². The van der Waals surface area contributed by atoms with Gasteiger partial charge in [0.15, 0.2) is 5.69 Å². The third kappa shape index (κ3) is 8.45. The van der Waals surface area contributed by atoms with Crippen LogP contribution in [0.5, 0.6) is 0 Å². The normalized spacial score (nSPS) is 13.0. The fourth-order valence-corrected chi connectivity index (χ4v) is 11.3. The first-order valence-electron chi connectivity index (χ1n) is 22.3. The summed E-state index contributed by atoms with van der Waals surface area (Å²) in [5.74, 6) is 0. The van der Waals surface area contributed by atoms with Gasteiger partial charge in [0.2, 0.25) is 0 Å². The Balaban J connectivity index is 0.994. The number of anilines is 6. The summed E-state index contributed by atoms with van der Waals surface area (Å²) < 4.78 is 0. The van der Waals surface area contributed by atoms with E-state index in [2.05, 4.69) is 207 Å². The molecule has 0 aliphatic heterocycles. The van der Waals surface area contributed by atoms with Crippen LogP contribution in [-0.4, -0.2) is 21.1 Å². The van der Waals surface area contributed by atoms with Gasteiger partial charge in [0.25, 0.3) is 0 Å². The largest absolute Gasteiger partial charge is 0.311 e. The Kier molecular flexibility index (Phi) is 11.0. The summed E-state index contributed by atoms with van der Waals surface area (Å²) in [6.07, 6.45) is 6.30. The first kappa shape index (κ1) is 43.0. The average molecular weight is 876 g/mol. The van der Waals surface area contributed by atoms with E-state index in [1.807, 2.05) is 42.6 Å². The van der Waals surface area contributed by atoms with E-state index in [0.717, 1.165) is 56.2 Å². The van der Waals surface area contributed by atoms with Crippen molar-refractivity contribution in [3.63, 3.8) is 0 Å². The van der Waals surface area contributed by atoms with Gasteiger partial charge < -0.3 is 9.80 Å². The van der Waals surface area contributed by atoms with Gasteiger partial charge in [0.05, 0.1) is 39.9 Å². The van der Waals surface area contributed by atoms with Crippen LogP contribution in [0, 0.1) is 17.9 Å². The van der Waals surface area contributed by atoms with E-state index in [-0.39, 0.29) is 5.41 Å². The van der Waals surface area contributed by atoms with Crippen molar-refractivity contribution in [2.75, 3.05) is 9.80 Å². The topological polar surface area (TPSA) is 47.5 Å². The zero-order valence-corrected chi connectivity index (χ0v) is 40.5. The van der Waals surface area contributed by atoms with Gasteiger partial charge in [-0.05, 0) is 124 Å². The quantitative estimate of drug-likeness (QED) is 0.101. The van der Waals surface area contributed by atoms with Crippen LogP contribution in [0.1, 0.15) is 41.7 Å². The molecule has 1 heterocycles. The highest BCUT2D eigenvalue weighted by Crippen LogP contribution is 2.51. The Hall–Kier alpha value is -7.30. The maximum atomic E-state index is 9.48. The highest BCUT2D eigenvalue weighted by Gasteiger charge is 2.36. The van der Waals surface area contributed by atoms with Crippen LogP contribution in [0.25, 0.3) is 39.0 Å². The lowest BCUT2D eigenvalue weighted by molar-refractivity contribution is 0.660. The summed E-state index contributed by atoms with van der Waals surface area (Å²) in [7, 11) is -2.94. The van der Waals surface area contributed by atoms with Gasteiger partial charge >= 0.3 is 0 Å². The van der Waals surface area contributed by atoms with Gasteiger partial charge in [-0.2, -0.15) is 5.26 Å². The molecule has 0 radical (unpaired) electrons. The third-order valence-electron chi connectivity index (χ3n) is 12.8. The molecule has 0 bridgehead atoms. The van der Waals surface area contributed by atoms with Crippen LogP contribution < -0.4 is 20.2 Å². The maximum Gasteiger partial charge on any atom is 0.187 e. The van der Waals surface area contributed by atoms with Crippen LogP contribution in [0.2, 0.25) is 39.3 Å². The van der Waals surface area contributed by atoms with Gasteiger partial charge in [0.1, 0.15) is 0 Å². The van der Waals surface area contributed by atoms with Crippen molar-refractivity contribution in [2.45, 2.75) is 58.5 Å². The Labute approximate surface area is 386 Å². The Morgan fingerprint density at radius 3 is 1.54 bits per heavy atom. The van der Waals surface area contributed by atoms with Gasteiger partial charge in [-0.3, -0.25) is 4.98 Å². The number of nitrogens with zero attached hydrogens (tertiary/aromatic N) is 5. The molecule has 7 aromatic carbocycles. The van der Waals surface area contributed by atoms with Crippen LogP contribution in [0.4, 0.5) is 39.8 Å². The molecule has 7 heteroatoms. The minimum absolute atomic E-state index is 0.226. The van der Waals surface area contributed by atoms with Crippen molar-refractivity contribution in [3.8, 4) is 17.2 Å². The van der Waals surface area contributed by atoms with Gasteiger partial charge in [0, 0.05) is 51.1 Å². The first-order valence-corrected chi connectivity index (χ1v) is 29.3. The molecule has 0 fully saturated rings. The zero-order valence-electron chi connectivity index (χ0n) is 38.5. The summed E-state index contributed by atoms with van der Waals surface area (Å²) in [5, 5.41) is 13.4. The maximum absolute atomic E-state index is 9.48. The number of fused-ring (bicyclic) bond motifs is 4. The van der Waals surface area contributed by atoms with E-state index >= 15 is 0 Å². The molecule has 65 heavy (non-hydrogen) atoms. The van der Waals surface area contributed by atoms with E-state index in [1.165, 1.54) is 32.6 Å². The summed E-state index contributed by atoms with van der Waals surface area (Å²) in [6.45, 7) is 26.4. The minimum atomic E-state index is -1.47. The van der Waals surface area contributed by atoms with Crippen LogP contribution in [0.15, 0.2) is 164 Å². The highest BCUT2D eigenvalue weighted by atomic mass is 28.3. The lowest BCUT2D eigenvalue weighted by atomic mass is 9.81. The van der Waals surface area contributed by atoms with Crippen molar-refractivity contribution in [1.29, 1.82) is 5.26 Å². The summed E-state index contributed by atoms with van der Waals surface area (Å²) >= 11 is 0. The number of nitriles is 1. The number of benzene rings is 7. The van der Waals surface area contributed by atoms with Gasteiger partial charge in [-0.1, -0.05) is 142 Å². The summed E-state index contributed by atoms with van der Waals surface area (Å²) in [4.78, 5) is 13.2. The molecule has 0 spiro atoms. The fraction of sp³-hybridized carbons (Fsp3) is 0.155. The Morgan fingerprint density at radius 1 is 0.538 bits per heavy atom. The molecule has 5 nitrogen and oxygen atoms in total. The molecule has 1 aromatic heterocycles. The van der Waals surface area contributed by atoms with Crippen LogP contribution in [-0.2, 0) is 5.41 Å². The molecule has 0 saturated heterocycles. The molecule has 1 aliphatic carbocycles. The molecule has 0 unspecified atom stereocenters. The lowest BCUT2D eigenvalue weighted by Crippen LogP contribution is -2.37. The number of hydrogen-bond donors (Lipinski definition) is 0. The standard InChI is InChI=1S/C58H53N5Si2/c1-58(2)55-35-40(14-32-53(55)54-33-27-49(36-56(54)58)62(46-21-16-44(60-3)17-22-46)47-23-28-51(29-24-47)64(4,5)6)10-11-42-34-43-15-20-50(37-57(43)61-39-42)63(45-18-12-41(38-59)13-19-45)48-25-30-52(31-26-48)65(7,8)9/h10-37,39H,1-2,4-9H3/b11-10+. The monoisotopic (exact) mass is 875 g/mol. The van der Waals surface area contributed by atoms with E-state index in [9.17, 15) is 5.26 Å². The number of pyridine rings is 1. The predicted octanol–water partition coefficient (Wildman–Crippen LogP) is 15.2. The van der Waals surface area contributed by atoms with Crippen molar-refractivity contribution < 1.29 is 0 Å². The van der Waals surface area contributed by atoms with Crippen LogP contribution in [0.3, 0.4) is 0 Å². The highest BCUT2D eigenvalue weighted by molar-refractivity contribution is 6.89. The van der Waals surface area contributed by atoms with E-state index < -0.39 is 16.1 Å². The summed E-state index contributed by atoms with van der Waals surface area (Å²) in [5.41, 5.74) is 15.5. The molecular weight excluding hydrogens is 823 g/mol. The van der Waals surface area contributed by atoms with Gasteiger partial charge in [-0.25, -0.2) is 4.85 Å². The predicted molar refractivity (Wildman–Crippen MR) is 281 cm³/mol. The molecule has 0 N–H and O–H groups in total. The van der Waals surface area contributed by atoms with E-state index in [4.69, 9.17) is 11.6 Å². The fourth-order valence-electron chi connectivity index (χ4n) is 9.01. The molecule has 8 aromatic rings. The zero-order chi connectivity index (χ0) is 45.7. The van der Waals surface area contributed by atoms with E-state index in [1.54, 1.807) is 0 Å². The summed E-state index contributed by atoms with van der Waals surface area (Å²) in [6, 6.07) is 58.3. The second-order valence-corrected chi connectivity index (χ2v) is 29.8.